The monoisotopic (exact) mass is 212 g/mol. The fourth-order valence-corrected chi connectivity index (χ4v) is 1.55. The van der Waals surface area contributed by atoms with E-state index in [0.717, 1.165) is 23.3 Å². The highest BCUT2D eigenvalue weighted by Crippen LogP contribution is 2.24. The van der Waals surface area contributed by atoms with E-state index in [-0.39, 0.29) is 10.7 Å². The van der Waals surface area contributed by atoms with Gasteiger partial charge in [0.15, 0.2) is 0 Å². The molecule has 0 amide bonds. The fraction of sp³-hybridized carbons (Fsp3) is 0.636. The van der Waals surface area contributed by atoms with Gasteiger partial charge in [0.25, 0.3) is 0 Å². The van der Waals surface area contributed by atoms with Gasteiger partial charge in [0, 0.05) is 23.3 Å². The maximum absolute atomic E-state index is 3.73. The molecule has 0 aromatic carbocycles. The van der Waals surface area contributed by atoms with Crippen LogP contribution >= 0.6 is 0 Å². The zero-order chi connectivity index (χ0) is 11.2. The zero-order valence-electron chi connectivity index (χ0n) is 9.98. The van der Waals surface area contributed by atoms with Crippen LogP contribution in [0.25, 0.3) is 0 Å². The molecule has 0 radical (unpaired) electrons. The van der Waals surface area contributed by atoms with Gasteiger partial charge in [-0.05, 0) is 5.41 Å². The molecule has 2 nitrogen and oxygen atoms in total. The topological polar surface area (TPSA) is 24.1 Å². The summed E-state index contributed by atoms with van der Waals surface area (Å²) in [5.74, 6) is 0. The Balaban J connectivity index is 4.48. The first-order valence-electron chi connectivity index (χ1n) is 5.09. The summed E-state index contributed by atoms with van der Waals surface area (Å²) >= 11 is 0. The summed E-state index contributed by atoms with van der Waals surface area (Å²) in [4.78, 5) is 0. The lowest BCUT2D eigenvalue weighted by atomic mass is 9.91. The number of nitrogens with one attached hydrogen (secondary N) is 2. The van der Waals surface area contributed by atoms with E-state index >= 15 is 0 Å². The average molecular weight is 212 g/mol. The summed E-state index contributed by atoms with van der Waals surface area (Å²) in [5.41, 5.74) is 0.200. The molecule has 0 aliphatic carbocycles. The third-order valence-electron chi connectivity index (χ3n) is 2.70. The van der Waals surface area contributed by atoms with E-state index in [1.165, 1.54) is 0 Å². The first-order chi connectivity index (χ1) is 6.37. The second-order valence-electron chi connectivity index (χ2n) is 4.71. The van der Waals surface area contributed by atoms with E-state index in [1.807, 2.05) is 12.2 Å². The first-order valence-corrected chi connectivity index (χ1v) is 6.09. The number of rotatable bonds is 6. The Bertz CT molecular complexity index is 182. The molecule has 0 saturated heterocycles. The average Bonchev–Trinajstić information content (AvgIpc) is 2.09. The van der Waals surface area contributed by atoms with Crippen LogP contribution in [0.2, 0.25) is 0 Å². The fourth-order valence-electron chi connectivity index (χ4n) is 1.15. The molecule has 2 N–H and O–H groups in total. The standard InChI is InChI=1S/C11H24N2Si/c1-6-8-12-11(14,10(3,4)5)13-9-7-2/h6-7,12-13H,1-2,8-9H2,3-5,14H3. The van der Waals surface area contributed by atoms with Crippen LogP contribution in [0, 0.1) is 5.41 Å². The Morgan fingerprint density at radius 2 is 1.43 bits per heavy atom. The second kappa shape index (κ2) is 5.49. The molecule has 0 fully saturated rings. The Morgan fingerprint density at radius 3 is 1.64 bits per heavy atom. The van der Waals surface area contributed by atoms with Crippen LogP contribution in [0.3, 0.4) is 0 Å². The van der Waals surface area contributed by atoms with Crippen molar-refractivity contribution in [3.05, 3.63) is 25.3 Å². The van der Waals surface area contributed by atoms with E-state index in [9.17, 15) is 0 Å². The van der Waals surface area contributed by atoms with Crippen LogP contribution in [0.4, 0.5) is 0 Å². The summed E-state index contributed by atoms with van der Waals surface area (Å²) in [6.45, 7) is 15.9. The van der Waals surface area contributed by atoms with Crippen molar-refractivity contribution in [3.8, 4) is 0 Å². The molecule has 14 heavy (non-hydrogen) atoms. The lowest BCUT2D eigenvalue weighted by molar-refractivity contribution is 0.192. The third-order valence-corrected chi connectivity index (χ3v) is 4.91. The lowest BCUT2D eigenvalue weighted by Gasteiger charge is -2.43. The molecule has 82 valence electrons. The molecule has 0 bridgehead atoms. The van der Waals surface area contributed by atoms with Crippen LogP contribution in [0.5, 0.6) is 0 Å². The van der Waals surface area contributed by atoms with Gasteiger partial charge < -0.3 is 0 Å². The van der Waals surface area contributed by atoms with Crippen LogP contribution in [0.1, 0.15) is 20.8 Å². The predicted molar refractivity (Wildman–Crippen MR) is 68.5 cm³/mol. The molecule has 0 aliphatic heterocycles. The van der Waals surface area contributed by atoms with E-state index in [1.54, 1.807) is 0 Å². The van der Waals surface area contributed by atoms with Gasteiger partial charge in [0.2, 0.25) is 0 Å². The molecular formula is C11H24N2Si. The van der Waals surface area contributed by atoms with E-state index in [0.29, 0.717) is 0 Å². The van der Waals surface area contributed by atoms with E-state index in [2.05, 4.69) is 44.6 Å². The molecule has 0 aliphatic rings. The molecular weight excluding hydrogens is 188 g/mol. The minimum absolute atomic E-state index is 0.0371. The largest absolute Gasteiger partial charge is 0.299 e. The molecule has 0 spiro atoms. The van der Waals surface area contributed by atoms with Gasteiger partial charge in [-0.25, -0.2) is 0 Å². The molecule has 0 saturated carbocycles. The van der Waals surface area contributed by atoms with Crippen molar-refractivity contribution in [1.82, 2.24) is 10.6 Å². The summed E-state index contributed by atoms with van der Waals surface area (Å²) in [6.07, 6.45) is 3.79. The Morgan fingerprint density at radius 1 is 1.07 bits per heavy atom. The van der Waals surface area contributed by atoms with Crippen molar-refractivity contribution < 1.29 is 0 Å². The Hall–Kier alpha value is -0.383. The van der Waals surface area contributed by atoms with Gasteiger partial charge in [-0.2, -0.15) is 0 Å². The van der Waals surface area contributed by atoms with Gasteiger partial charge >= 0.3 is 0 Å². The van der Waals surface area contributed by atoms with E-state index in [4.69, 9.17) is 0 Å². The normalized spacial score (nSPS) is 12.8. The van der Waals surface area contributed by atoms with Crippen molar-refractivity contribution in [1.29, 1.82) is 0 Å². The van der Waals surface area contributed by atoms with Crippen molar-refractivity contribution in [2.45, 2.75) is 26.1 Å². The minimum Gasteiger partial charge on any atom is -0.299 e. The molecule has 0 rings (SSSR count). The zero-order valence-corrected chi connectivity index (χ0v) is 12.0. The maximum Gasteiger partial charge on any atom is 0.0525 e. The maximum atomic E-state index is 3.73. The van der Waals surface area contributed by atoms with Crippen LogP contribution in [-0.4, -0.2) is 28.6 Å². The van der Waals surface area contributed by atoms with Crippen LogP contribution in [-0.2, 0) is 0 Å². The molecule has 0 unspecified atom stereocenters. The highest BCUT2D eigenvalue weighted by Gasteiger charge is 2.35. The van der Waals surface area contributed by atoms with Crippen LogP contribution in [0.15, 0.2) is 25.3 Å². The van der Waals surface area contributed by atoms with Crippen molar-refractivity contribution >= 4 is 10.2 Å². The number of hydrogen-bond donors (Lipinski definition) is 2. The van der Waals surface area contributed by atoms with Gasteiger partial charge in [-0.1, -0.05) is 32.9 Å². The number of hydrogen-bond acceptors (Lipinski definition) is 2. The summed E-state index contributed by atoms with van der Waals surface area (Å²) in [7, 11) is 1.04. The third kappa shape index (κ3) is 3.78. The molecule has 0 aromatic heterocycles. The highest BCUT2D eigenvalue weighted by atomic mass is 28.1. The highest BCUT2D eigenvalue weighted by molar-refractivity contribution is 6.15. The van der Waals surface area contributed by atoms with Gasteiger partial charge in [0.1, 0.15) is 0 Å². The molecule has 0 atom stereocenters. The van der Waals surface area contributed by atoms with Gasteiger partial charge in [-0.3, -0.25) is 10.6 Å². The lowest BCUT2D eigenvalue weighted by Crippen LogP contribution is -2.65. The smallest absolute Gasteiger partial charge is 0.0525 e. The summed E-state index contributed by atoms with van der Waals surface area (Å²) < 4.78 is 0. The Labute approximate surface area is 91.3 Å². The van der Waals surface area contributed by atoms with Crippen molar-refractivity contribution in [3.63, 3.8) is 0 Å². The Kier molecular flexibility index (Phi) is 5.34. The molecule has 0 aromatic rings. The molecule has 0 heterocycles. The minimum atomic E-state index is 0.0371. The first kappa shape index (κ1) is 13.6. The predicted octanol–water partition coefficient (Wildman–Crippen LogP) is 0.603. The van der Waals surface area contributed by atoms with Crippen molar-refractivity contribution in [2.75, 3.05) is 13.1 Å². The quantitative estimate of drug-likeness (QED) is 0.383. The van der Waals surface area contributed by atoms with Gasteiger partial charge in [0.05, 0.1) is 5.29 Å². The van der Waals surface area contributed by atoms with Crippen LogP contribution < -0.4 is 10.6 Å². The summed E-state index contributed by atoms with van der Waals surface area (Å²) in [6, 6.07) is 0. The summed E-state index contributed by atoms with van der Waals surface area (Å²) in [5, 5.41) is 7.05. The molecule has 3 heteroatoms. The second-order valence-corrected chi connectivity index (χ2v) is 6.21. The van der Waals surface area contributed by atoms with Gasteiger partial charge in [-0.15, -0.1) is 13.2 Å². The van der Waals surface area contributed by atoms with Crippen molar-refractivity contribution in [2.24, 2.45) is 5.41 Å². The van der Waals surface area contributed by atoms with E-state index < -0.39 is 0 Å². The SMILES string of the molecule is C=CCNC([SiH3])(NCC=C)C(C)(C)C.